The number of hydrogen-bond acceptors (Lipinski definition) is 3. The maximum Gasteiger partial charge on any atom is 0.178 e. The van der Waals surface area contributed by atoms with Crippen molar-refractivity contribution in [1.29, 1.82) is 0 Å². The number of aromatic nitrogens is 4. The highest BCUT2D eigenvalue weighted by Gasteiger charge is 2.29. The van der Waals surface area contributed by atoms with Gasteiger partial charge in [0, 0.05) is 10.7 Å². The third-order valence-corrected chi connectivity index (χ3v) is 3.38. The summed E-state index contributed by atoms with van der Waals surface area (Å²) < 4.78 is 0. The quantitative estimate of drug-likeness (QED) is 0.683. The zero-order chi connectivity index (χ0) is 8.55. The zero-order valence-corrected chi connectivity index (χ0v) is 8.53. The van der Waals surface area contributed by atoms with E-state index in [4.69, 9.17) is 0 Å². The van der Waals surface area contributed by atoms with E-state index in [1.54, 1.807) is 7.05 Å². The fourth-order valence-corrected chi connectivity index (χ4v) is 2.48. The number of rotatable bonds is 1. The van der Waals surface area contributed by atoms with Crippen LogP contribution in [0, 0.1) is 0 Å². The first-order valence-electron chi connectivity index (χ1n) is 4.15. The van der Waals surface area contributed by atoms with E-state index in [2.05, 4.69) is 31.3 Å². The largest absolute Gasteiger partial charge is 0.178 e. The summed E-state index contributed by atoms with van der Waals surface area (Å²) in [5.41, 5.74) is 0. The average molecular weight is 231 g/mol. The van der Waals surface area contributed by atoms with Gasteiger partial charge in [-0.2, -0.15) is 4.80 Å². The lowest BCUT2D eigenvalue weighted by Crippen LogP contribution is -2.06. The summed E-state index contributed by atoms with van der Waals surface area (Å²) in [4.78, 5) is 2.06. The molecular formula is C7H11BrN4. The van der Waals surface area contributed by atoms with Crippen LogP contribution in [0.25, 0.3) is 0 Å². The minimum absolute atomic E-state index is 0.471. The molecule has 1 aliphatic carbocycles. The Balaban J connectivity index is 2.19. The van der Waals surface area contributed by atoms with Gasteiger partial charge in [-0.1, -0.05) is 22.4 Å². The predicted molar refractivity (Wildman–Crippen MR) is 48.1 cm³/mol. The zero-order valence-electron chi connectivity index (χ0n) is 6.94. The van der Waals surface area contributed by atoms with Gasteiger partial charge >= 0.3 is 0 Å². The van der Waals surface area contributed by atoms with Crippen molar-refractivity contribution >= 4 is 15.9 Å². The summed E-state index contributed by atoms with van der Waals surface area (Å²) in [7, 11) is 1.80. The molecule has 1 saturated carbocycles. The first-order chi connectivity index (χ1) is 5.77. The molecule has 0 aromatic carbocycles. The van der Waals surface area contributed by atoms with Crippen molar-refractivity contribution in [2.45, 2.75) is 30.0 Å². The van der Waals surface area contributed by atoms with Crippen LogP contribution in [0.3, 0.4) is 0 Å². The Labute approximate surface area is 79.5 Å². The fraction of sp³-hybridized carbons (Fsp3) is 0.857. The van der Waals surface area contributed by atoms with Gasteiger partial charge in [0.05, 0.1) is 7.05 Å². The molecule has 0 bridgehead atoms. The molecule has 2 atom stereocenters. The summed E-state index contributed by atoms with van der Waals surface area (Å²) in [6.45, 7) is 0. The lowest BCUT2D eigenvalue weighted by Gasteiger charge is -2.07. The first kappa shape index (κ1) is 8.16. The molecule has 0 N–H and O–H groups in total. The van der Waals surface area contributed by atoms with Crippen LogP contribution in [0.1, 0.15) is 31.0 Å². The van der Waals surface area contributed by atoms with E-state index in [-0.39, 0.29) is 0 Å². The van der Waals surface area contributed by atoms with E-state index in [1.807, 2.05) is 0 Å². The van der Waals surface area contributed by atoms with Crippen molar-refractivity contribution < 1.29 is 0 Å². The van der Waals surface area contributed by atoms with Gasteiger partial charge in [0.15, 0.2) is 5.82 Å². The highest BCUT2D eigenvalue weighted by Crippen LogP contribution is 2.37. The van der Waals surface area contributed by atoms with Crippen LogP contribution >= 0.6 is 15.9 Å². The number of tetrazole rings is 1. The van der Waals surface area contributed by atoms with E-state index in [9.17, 15) is 0 Å². The lowest BCUT2D eigenvalue weighted by atomic mass is 10.1. The van der Waals surface area contributed by atoms with Gasteiger partial charge in [-0.05, 0) is 18.1 Å². The van der Waals surface area contributed by atoms with E-state index in [0.29, 0.717) is 10.7 Å². The molecule has 0 radical (unpaired) electrons. The van der Waals surface area contributed by atoms with Crippen molar-refractivity contribution in [3.05, 3.63) is 5.82 Å². The summed E-state index contributed by atoms with van der Waals surface area (Å²) in [5.74, 6) is 1.36. The van der Waals surface area contributed by atoms with E-state index in [0.717, 1.165) is 5.82 Å². The van der Waals surface area contributed by atoms with E-state index >= 15 is 0 Å². The van der Waals surface area contributed by atoms with Gasteiger partial charge in [0.25, 0.3) is 0 Å². The van der Waals surface area contributed by atoms with Crippen LogP contribution in [0.4, 0.5) is 0 Å². The highest BCUT2D eigenvalue weighted by molar-refractivity contribution is 9.09. The minimum Gasteiger partial charge on any atom is -0.167 e. The normalized spacial score (nSPS) is 29.5. The maximum absolute atomic E-state index is 4.21. The second-order valence-electron chi connectivity index (χ2n) is 3.19. The SMILES string of the molecule is Cn1nnc(C2CCCC2Br)n1. The van der Waals surface area contributed by atoms with Crippen LogP contribution in [-0.2, 0) is 7.05 Å². The van der Waals surface area contributed by atoms with Crippen molar-refractivity contribution in [1.82, 2.24) is 20.2 Å². The molecule has 0 amide bonds. The number of alkyl halides is 1. The smallest absolute Gasteiger partial charge is 0.167 e. The van der Waals surface area contributed by atoms with Gasteiger partial charge in [-0.3, -0.25) is 0 Å². The molecule has 2 unspecified atom stereocenters. The molecule has 1 aromatic rings. The monoisotopic (exact) mass is 230 g/mol. The van der Waals surface area contributed by atoms with Crippen molar-refractivity contribution in [2.75, 3.05) is 0 Å². The van der Waals surface area contributed by atoms with Crippen LogP contribution in [0.15, 0.2) is 0 Å². The third kappa shape index (κ3) is 1.37. The average Bonchev–Trinajstić information content (AvgIpc) is 2.58. The molecule has 0 aliphatic heterocycles. The Hall–Kier alpha value is -0.450. The highest BCUT2D eigenvalue weighted by atomic mass is 79.9. The van der Waals surface area contributed by atoms with Gasteiger partial charge < -0.3 is 0 Å². The summed E-state index contributed by atoms with van der Waals surface area (Å²) >= 11 is 3.63. The Morgan fingerprint density at radius 3 is 2.83 bits per heavy atom. The number of halogens is 1. The molecule has 0 spiro atoms. The van der Waals surface area contributed by atoms with E-state index < -0.39 is 0 Å². The topological polar surface area (TPSA) is 43.6 Å². The lowest BCUT2D eigenvalue weighted by molar-refractivity contribution is 0.619. The van der Waals surface area contributed by atoms with Crippen LogP contribution in [0.5, 0.6) is 0 Å². The third-order valence-electron chi connectivity index (χ3n) is 2.29. The van der Waals surface area contributed by atoms with Crippen molar-refractivity contribution in [3.63, 3.8) is 0 Å². The molecule has 1 heterocycles. The van der Waals surface area contributed by atoms with Gasteiger partial charge in [-0.25, -0.2) is 0 Å². The van der Waals surface area contributed by atoms with E-state index in [1.165, 1.54) is 24.1 Å². The molecule has 1 aromatic heterocycles. The molecule has 1 fully saturated rings. The minimum atomic E-state index is 0.471. The predicted octanol–water partition coefficient (Wildman–Crippen LogP) is 1.24. The van der Waals surface area contributed by atoms with Gasteiger partial charge in [0.1, 0.15) is 0 Å². The summed E-state index contributed by atoms with van der Waals surface area (Å²) in [6.07, 6.45) is 3.67. The molecule has 0 saturated heterocycles. The number of nitrogens with zero attached hydrogens (tertiary/aromatic N) is 4. The van der Waals surface area contributed by atoms with Gasteiger partial charge in [-0.15, -0.1) is 10.2 Å². The van der Waals surface area contributed by atoms with Crippen LogP contribution < -0.4 is 0 Å². The van der Waals surface area contributed by atoms with Crippen molar-refractivity contribution in [2.24, 2.45) is 7.05 Å². The molecular weight excluding hydrogens is 220 g/mol. The number of aryl methyl sites for hydroxylation is 1. The molecule has 12 heavy (non-hydrogen) atoms. The maximum atomic E-state index is 4.21. The Morgan fingerprint density at radius 1 is 1.50 bits per heavy atom. The van der Waals surface area contributed by atoms with Crippen LogP contribution in [0.2, 0.25) is 0 Å². The molecule has 5 heteroatoms. The van der Waals surface area contributed by atoms with Crippen molar-refractivity contribution in [3.8, 4) is 0 Å². The first-order valence-corrected chi connectivity index (χ1v) is 5.07. The standard InChI is InChI=1S/C7H11BrN4/c1-12-10-7(9-11-12)5-3-2-4-6(5)8/h5-6H,2-4H2,1H3. The van der Waals surface area contributed by atoms with Crippen LogP contribution in [-0.4, -0.2) is 25.0 Å². The Kier molecular flexibility index (Phi) is 2.12. The number of hydrogen-bond donors (Lipinski definition) is 0. The van der Waals surface area contributed by atoms with Gasteiger partial charge in [0.2, 0.25) is 0 Å². The second kappa shape index (κ2) is 3.12. The molecule has 1 aliphatic rings. The molecule has 66 valence electrons. The summed E-state index contributed by atoms with van der Waals surface area (Å²) in [5, 5.41) is 12.1. The fourth-order valence-electron chi connectivity index (χ4n) is 1.65. The molecule has 2 rings (SSSR count). The second-order valence-corrected chi connectivity index (χ2v) is 4.37. The Morgan fingerprint density at radius 2 is 2.33 bits per heavy atom. The Bertz CT molecular complexity index is 272. The molecule has 4 nitrogen and oxygen atoms in total. The summed E-state index contributed by atoms with van der Waals surface area (Å²) in [6, 6.07) is 0.